The van der Waals surface area contributed by atoms with E-state index in [0.717, 1.165) is 5.56 Å². The van der Waals surface area contributed by atoms with Crippen molar-refractivity contribution in [3.05, 3.63) is 71.0 Å². The summed E-state index contributed by atoms with van der Waals surface area (Å²) in [6, 6.07) is 13.8. The van der Waals surface area contributed by atoms with Crippen LogP contribution in [0.3, 0.4) is 0 Å². The van der Waals surface area contributed by atoms with Crippen LogP contribution in [0.15, 0.2) is 48.5 Å². The summed E-state index contributed by atoms with van der Waals surface area (Å²) in [5.41, 5.74) is 7.05. The second kappa shape index (κ2) is 6.28. The lowest BCUT2D eigenvalue weighted by Gasteiger charge is -2.26. The molecule has 22 heavy (non-hydrogen) atoms. The van der Waals surface area contributed by atoms with Crippen LogP contribution in [0.2, 0.25) is 0 Å². The number of nitrogens with two attached hydrogens (primary N) is 1. The number of carbonyl (C=O) groups excluding carboxylic acids is 1. The molecule has 2 aromatic carbocycles. The third-order valence-electron chi connectivity index (χ3n) is 3.89. The summed E-state index contributed by atoms with van der Waals surface area (Å²) in [5, 5.41) is 2.85. The first kappa shape index (κ1) is 16.2. The highest BCUT2D eigenvalue weighted by molar-refractivity contribution is 5.87. The Morgan fingerprint density at radius 1 is 1.23 bits per heavy atom. The van der Waals surface area contributed by atoms with E-state index < -0.39 is 5.54 Å². The van der Waals surface area contributed by atoms with E-state index in [9.17, 15) is 9.18 Å². The van der Waals surface area contributed by atoms with Gasteiger partial charge in [-0.3, -0.25) is 4.79 Å². The quantitative estimate of drug-likeness (QED) is 0.911. The highest BCUT2D eigenvalue weighted by atomic mass is 19.1. The average Bonchev–Trinajstić information content (AvgIpc) is 2.50. The maximum absolute atomic E-state index is 13.6. The van der Waals surface area contributed by atoms with Crippen molar-refractivity contribution in [1.29, 1.82) is 0 Å². The van der Waals surface area contributed by atoms with E-state index in [1.54, 1.807) is 26.0 Å². The minimum absolute atomic E-state index is 0.280. The van der Waals surface area contributed by atoms with Gasteiger partial charge < -0.3 is 11.1 Å². The summed E-state index contributed by atoms with van der Waals surface area (Å²) in [6.45, 7) is 5.18. The SMILES string of the molecule is Cc1ccc(C(C)NC(=O)C(C)(N)c2ccccc2)cc1F. The standard InChI is InChI=1S/C18H21FN2O/c1-12-9-10-14(11-16(12)19)13(2)21-17(22)18(3,20)15-7-5-4-6-8-15/h4-11,13H,20H2,1-3H3,(H,21,22). The van der Waals surface area contributed by atoms with Crippen LogP contribution >= 0.6 is 0 Å². The third kappa shape index (κ3) is 3.34. The largest absolute Gasteiger partial charge is 0.348 e. The van der Waals surface area contributed by atoms with Crippen LogP contribution in [0.5, 0.6) is 0 Å². The van der Waals surface area contributed by atoms with E-state index in [4.69, 9.17) is 5.73 Å². The van der Waals surface area contributed by atoms with Crippen molar-refractivity contribution < 1.29 is 9.18 Å². The van der Waals surface area contributed by atoms with Crippen molar-refractivity contribution in [1.82, 2.24) is 5.32 Å². The van der Waals surface area contributed by atoms with Gasteiger partial charge in [0.05, 0.1) is 6.04 Å². The molecule has 0 heterocycles. The first-order chi connectivity index (χ1) is 10.3. The second-order valence-electron chi connectivity index (χ2n) is 5.77. The molecule has 2 aromatic rings. The number of aryl methyl sites for hydroxylation is 1. The van der Waals surface area contributed by atoms with Crippen LogP contribution in [-0.4, -0.2) is 5.91 Å². The Morgan fingerprint density at radius 2 is 1.86 bits per heavy atom. The smallest absolute Gasteiger partial charge is 0.244 e. The molecule has 0 spiro atoms. The number of nitrogens with one attached hydrogen (secondary N) is 1. The lowest BCUT2D eigenvalue weighted by Crippen LogP contribution is -2.49. The Hall–Kier alpha value is -2.20. The molecule has 0 aliphatic heterocycles. The second-order valence-corrected chi connectivity index (χ2v) is 5.77. The molecule has 0 saturated carbocycles. The number of amides is 1. The summed E-state index contributed by atoms with van der Waals surface area (Å²) >= 11 is 0. The van der Waals surface area contributed by atoms with Crippen molar-refractivity contribution in [3.63, 3.8) is 0 Å². The molecular weight excluding hydrogens is 279 g/mol. The van der Waals surface area contributed by atoms with Crippen LogP contribution in [0.4, 0.5) is 4.39 Å². The van der Waals surface area contributed by atoms with E-state index >= 15 is 0 Å². The van der Waals surface area contributed by atoms with Crippen molar-refractivity contribution in [2.24, 2.45) is 5.73 Å². The molecule has 0 saturated heterocycles. The summed E-state index contributed by atoms with van der Waals surface area (Å²) < 4.78 is 13.6. The Morgan fingerprint density at radius 3 is 2.45 bits per heavy atom. The van der Waals surface area contributed by atoms with Crippen molar-refractivity contribution in [3.8, 4) is 0 Å². The minimum Gasteiger partial charge on any atom is -0.348 e. The maximum Gasteiger partial charge on any atom is 0.244 e. The van der Waals surface area contributed by atoms with Gasteiger partial charge in [0.25, 0.3) is 0 Å². The van der Waals surface area contributed by atoms with Gasteiger partial charge in [0.2, 0.25) is 5.91 Å². The van der Waals surface area contributed by atoms with Gasteiger partial charge in [-0.15, -0.1) is 0 Å². The molecule has 0 bridgehead atoms. The van der Waals surface area contributed by atoms with Gasteiger partial charge in [-0.05, 0) is 43.5 Å². The predicted molar refractivity (Wildman–Crippen MR) is 85.7 cm³/mol. The number of hydrogen-bond acceptors (Lipinski definition) is 2. The zero-order valence-corrected chi connectivity index (χ0v) is 13.1. The van der Waals surface area contributed by atoms with Gasteiger partial charge in [0.15, 0.2) is 0 Å². The number of rotatable bonds is 4. The fourth-order valence-corrected chi connectivity index (χ4v) is 2.22. The number of hydrogen-bond donors (Lipinski definition) is 2. The summed E-state index contributed by atoms with van der Waals surface area (Å²) in [5.74, 6) is -0.579. The fraction of sp³-hybridized carbons (Fsp3) is 0.278. The van der Waals surface area contributed by atoms with Gasteiger partial charge in [0, 0.05) is 0 Å². The normalized spacial score (nSPS) is 15.0. The first-order valence-electron chi connectivity index (χ1n) is 7.24. The van der Waals surface area contributed by atoms with Gasteiger partial charge in [-0.2, -0.15) is 0 Å². The van der Waals surface area contributed by atoms with Crippen molar-refractivity contribution in [2.45, 2.75) is 32.4 Å². The van der Waals surface area contributed by atoms with Gasteiger partial charge >= 0.3 is 0 Å². The Balaban J connectivity index is 2.15. The van der Waals surface area contributed by atoms with Crippen molar-refractivity contribution >= 4 is 5.91 Å². The lowest BCUT2D eigenvalue weighted by atomic mass is 9.91. The highest BCUT2D eigenvalue weighted by Crippen LogP contribution is 2.21. The minimum atomic E-state index is -1.14. The number of halogens is 1. The molecule has 1 amide bonds. The van der Waals surface area contributed by atoms with E-state index in [1.807, 2.05) is 37.3 Å². The summed E-state index contributed by atoms with van der Waals surface area (Å²) in [4.78, 5) is 12.5. The van der Waals surface area contributed by atoms with Gasteiger partial charge in [-0.1, -0.05) is 42.5 Å². The Kier molecular flexibility index (Phi) is 4.62. The predicted octanol–water partition coefficient (Wildman–Crippen LogP) is 3.19. The van der Waals surface area contributed by atoms with E-state index in [1.165, 1.54) is 6.07 Å². The van der Waals surface area contributed by atoms with Gasteiger partial charge in [0.1, 0.15) is 11.4 Å². The maximum atomic E-state index is 13.6. The summed E-state index contributed by atoms with van der Waals surface area (Å²) in [6.07, 6.45) is 0. The average molecular weight is 300 g/mol. The number of carbonyl (C=O) groups is 1. The molecule has 3 N–H and O–H groups in total. The topological polar surface area (TPSA) is 55.1 Å². The van der Waals surface area contributed by atoms with Gasteiger partial charge in [-0.25, -0.2) is 4.39 Å². The molecule has 2 atom stereocenters. The molecule has 3 nitrogen and oxygen atoms in total. The van der Waals surface area contributed by atoms with Crippen LogP contribution in [0, 0.1) is 12.7 Å². The molecule has 0 fully saturated rings. The molecule has 0 aliphatic carbocycles. The van der Waals surface area contributed by atoms with Crippen molar-refractivity contribution in [2.75, 3.05) is 0 Å². The molecule has 116 valence electrons. The summed E-state index contributed by atoms with van der Waals surface area (Å²) in [7, 11) is 0. The molecule has 0 aromatic heterocycles. The number of benzene rings is 2. The fourth-order valence-electron chi connectivity index (χ4n) is 2.22. The third-order valence-corrected chi connectivity index (χ3v) is 3.89. The monoisotopic (exact) mass is 300 g/mol. The highest BCUT2D eigenvalue weighted by Gasteiger charge is 2.31. The molecule has 2 rings (SSSR count). The zero-order valence-electron chi connectivity index (χ0n) is 13.1. The van der Waals surface area contributed by atoms with Crippen LogP contribution < -0.4 is 11.1 Å². The Bertz CT molecular complexity index is 668. The molecule has 0 aliphatic rings. The van der Waals surface area contributed by atoms with E-state index in [-0.39, 0.29) is 17.8 Å². The Labute approximate surface area is 130 Å². The molecule has 0 radical (unpaired) electrons. The molecule has 2 unspecified atom stereocenters. The van der Waals surface area contributed by atoms with E-state index in [0.29, 0.717) is 11.1 Å². The van der Waals surface area contributed by atoms with Crippen LogP contribution in [-0.2, 0) is 10.3 Å². The van der Waals surface area contributed by atoms with Crippen LogP contribution in [0.25, 0.3) is 0 Å². The van der Waals surface area contributed by atoms with E-state index in [2.05, 4.69) is 5.32 Å². The zero-order chi connectivity index (χ0) is 16.3. The molecule has 4 heteroatoms. The molecular formula is C18H21FN2O. The first-order valence-corrected chi connectivity index (χ1v) is 7.24. The van der Waals surface area contributed by atoms with Crippen LogP contribution in [0.1, 0.15) is 36.6 Å². The lowest BCUT2D eigenvalue weighted by molar-refractivity contribution is -0.126.